The van der Waals surface area contributed by atoms with Crippen LogP contribution < -0.4 is 10.1 Å². The highest BCUT2D eigenvalue weighted by molar-refractivity contribution is 5.39. The zero-order valence-corrected chi connectivity index (χ0v) is 9.73. The van der Waals surface area contributed by atoms with Gasteiger partial charge in [0.05, 0.1) is 13.7 Å². The summed E-state index contributed by atoms with van der Waals surface area (Å²) in [7, 11) is 1.59. The van der Waals surface area contributed by atoms with Crippen molar-refractivity contribution in [1.82, 2.24) is 5.32 Å². The maximum absolute atomic E-state index is 9.63. The number of phenols is 1. The first kappa shape index (κ1) is 12.8. The molecule has 0 spiro atoms. The Morgan fingerprint density at radius 1 is 1.44 bits per heavy atom. The Morgan fingerprint density at radius 3 is 2.75 bits per heavy atom. The predicted molar refractivity (Wildman–Crippen MR) is 62.7 cm³/mol. The number of methoxy groups -OCH3 is 1. The Morgan fingerprint density at radius 2 is 2.19 bits per heavy atom. The molecule has 0 aromatic heterocycles. The van der Waals surface area contributed by atoms with Gasteiger partial charge in [0.15, 0.2) is 0 Å². The van der Waals surface area contributed by atoms with E-state index in [4.69, 9.17) is 9.84 Å². The van der Waals surface area contributed by atoms with Crippen molar-refractivity contribution in [3.8, 4) is 11.5 Å². The number of nitrogens with one attached hydrogen (secondary N) is 1. The molecule has 0 radical (unpaired) electrons. The third-order valence-electron chi connectivity index (χ3n) is 2.58. The van der Waals surface area contributed by atoms with Crippen molar-refractivity contribution in [1.29, 1.82) is 0 Å². The zero-order chi connectivity index (χ0) is 12.0. The minimum absolute atomic E-state index is 0.0607. The van der Waals surface area contributed by atoms with Crippen LogP contribution in [-0.4, -0.2) is 30.0 Å². The molecule has 0 aliphatic heterocycles. The van der Waals surface area contributed by atoms with Crippen LogP contribution in [0.5, 0.6) is 11.5 Å². The van der Waals surface area contributed by atoms with E-state index >= 15 is 0 Å². The summed E-state index contributed by atoms with van der Waals surface area (Å²) in [6, 6.07) is 5.16. The van der Waals surface area contributed by atoms with Gasteiger partial charge in [-0.05, 0) is 24.6 Å². The topological polar surface area (TPSA) is 61.7 Å². The molecule has 0 fully saturated rings. The average Bonchev–Trinajstić information content (AvgIpc) is 2.32. The summed E-state index contributed by atoms with van der Waals surface area (Å²) in [5.74, 6) is 0.952. The number of hydrogen-bond acceptors (Lipinski definition) is 4. The Hall–Kier alpha value is -1.26. The first-order valence-corrected chi connectivity index (χ1v) is 5.41. The van der Waals surface area contributed by atoms with Gasteiger partial charge in [0.25, 0.3) is 0 Å². The number of hydrogen-bond donors (Lipinski definition) is 3. The lowest BCUT2D eigenvalue weighted by molar-refractivity contribution is 0.238. The molecule has 0 amide bonds. The molecule has 0 heterocycles. The first-order chi connectivity index (χ1) is 7.71. The summed E-state index contributed by atoms with van der Waals surface area (Å²) < 4.78 is 5.08. The van der Waals surface area contributed by atoms with Crippen molar-refractivity contribution in [2.75, 3.05) is 13.7 Å². The molecule has 0 bridgehead atoms. The highest BCUT2D eigenvalue weighted by Gasteiger charge is 2.07. The summed E-state index contributed by atoms with van der Waals surface area (Å²) in [4.78, 5) is 0. The van der Waals surface area contributed by atoms with Crippen LogP contribution in [0.25, 0.3) is 0 Å². The van der Waals surface area contributed by atoms with Crippen LogP contribution in [0.2, 0.25) is 0 Å². The van der Waals surface area contributed by atoms with Gasteiger partial charge in [-0.3, -0.25) is 0 Å². The van der Waals surface area contributed by atoms with E-state index in [-0.39, 0.29) is 18.4 Å². The lowest BCUT2D eigenvalue weighted by atomic mass is 10.1. The molecule has 4 heteroatoms. The molecule has 1 rings (SSSR count). The van der Waals surface area contributed by atoms with Gasteiger partial charge < -0.3 is 20.3 Å². The van der Waals surface area contributed by atoms with Crippen LogP contribution >= 0.6 is 0 Å². The van der Waals surface area contributed by atoms with E-state index in [1.807, 2.05) is 6.92 Å². The predicted octanol–water partition coefficient (Wildman–Crippen LogP) is 1.26. The molecule has 1 atom stereocenters. The number of aliphatic hydroxyl groups is 1. The molecule has 1 aromatic carbocycles. The fraction of sp³-hybridized carbons (Fsp3) is 0.500. The summed E-state index contributed by atoms with van der Waals surface area (Å²) in [6.45, 7) is 2.61. The second kappa shape index (κ2) is 6.35. The maximum Gasteiger partial charge on any atom is 0.120 e. The van der Waals surface area contributed by atoms with Gasteiger partial charge in [0.1, 0.15) is 11.5 Å². The molecule has 4 nitrogen and oxygen atoms in total. The molecular formula is C12H19NO3. The van der Waals surface area contributed by atoms with Crippen molar-refractivity contribution in [2.45, 2.75) is 25.9 Å². The highest BCUT2D eigenvalue weighted by atomic mass is 16.5. The lowest BCUT2D eigenvalue weighted by Crippen LogP contribution is -2.31. The summed E-state index contributed by atoms with van der Waals surface area (Å²) in [6.07, 6.45) is 0.848. The number of rotatable bonds is 6. The molecule has 0 aliphatic carbocycles. The molecule has 1 unspecified atom stereocenters. The summed E-state index contributed by atoms with van der Waals surface area (Å²) in [5.41, 5.74) is 0.770. The molecule has 3 N–H and O–H groups in total. The lowest BCUT2D eigenvalue weighted by Gasteiger charge is -2.15. The minimum Gasteiger partial charge on any atom is -0.508 e. The van der Waals surface area contributed by atoms with E-state index in [0.29, 0.717) is 12.3 Å². The fourth-order valence-corrected chi connectivity index (χ4v) is 1.42. The van der Waals surface area contributed by atoms with Gasteiger partial charge in [-0.25, -0.2) is 0 Å². The zero-order valence-electron chi connectivity index (χ0n) is 9.73. The van der Waals surface area contributed by atoms with Crippen molar-refractivity contribution in [3.63, 3.8) is 0 Å². The Labute approximate surface area is 95.9 Å². The third kappa shape index (κ3) is 3.40. The molecule has 0 saturated heterocycles. The molecule has 0 aliphatic rings. The minimum atomic E-state index is 0.0607. The standard InChI is InChI=1S/C12H19NO3/c1-3-10(8-14)13-7-9-6-11(16-2)4-5-12(9)15/h4-6,10,13-15H,3,7-8H2,1-2H3. The molecular weight excluding hydrogens is 206 g/mol. The average molecular weight is 225 g/mol. The number of aliphatic hydroxyl groups excluding tert-OH is 1. The van der Waals surface area contributed by atoms with Crippen molar-refractivity contribution in [2.24, 2.45) is 0 Å². The van der Waals surface area contributed by atoms with Crippen molar-refractivity contribution >= 4 is 0 Å². The second-order valence-corrected chi connectivity index (χ2v) is 3.66. The van der Waals surface area contributed by atoms with E-state index < -0.39 is 0 Å². The van der Waals surface area contributed by atoms with Crippen LogP contribution in [-0.2, 0) is 6.54 Å². The molecule has 1 aromatic rings. The Bertz CT molecular complexity index is 324. The quantitative estimate of drug-likeness (QED) is 0.682. The van der Waals surface area contributed by atoms with Crippen LogP contribution in [0, 0.1) is 0 Å². The van der Waals surface area contributed by atoms with Crippen LogP contribution in [0.1, 0.15) is 18.9 Å². The fourth-order valence-electron chi connectivity index (χ4n) is 1.42. The van der Waals surface area contributed by atoms with Gasteiger partial charge in [-0.2, -0.15) is 0 Å². The van der Waals surface area contributed by atoms with Crippen LogP contribution in [0.3, 0.4) is 0 Å². The van der Waals surface area contributed by atoms with E-state index in [1.54, 1.807) is 25.3 Å². The van der Waals surface area contributed by atoms with Gasteiger partial charge in [0, 0.05) is 18.2 Å². The van der Waals surface area contributed by atoms with E-state index in [2.05, 4.69) is 5.32 Å². The largest absolute Gasteiger partial charge is 0.508 e. The van der Waals surface area contributed by atoms with Crippen LogP contribution in [0.15, 0.2) is 18.2 Å². The number of benzene rings is 1. The molecule has 0 saturated carbocycles. The van der Waals surface area contributed by atoms with E-state index in [9.17, 15) is 5.11 Å². The molecule has 90 valence electrons. The summed E-state index contributed by atoms with van der Waals surface area (Å²) in [5, 5.41) is 21.8. The maximum atomic E-state index is 9.63. The van der Waals surface area contributed by atoms with Crippen molar-refractivity contribution in [3.05, 3.63) is 23.8 Å². The third-order valence-corrected chi connectivity index (χ3v) is 2.58. The van der Waals surface area contributed by atoms with Gasteiger partial charge >= 0.3 is 0 Å². The number of phenolic OH excluding ortho intramolecular Hbond substituents is 1. The van der Waals surface area contributed by atoms with E-state index in [1.165, 1.54) is 0 Å². The highest BCUT2D eigenvalue weighted by Crippen LogP contribution is 2.22. The Kier molecular flexibility index (Phi) is 5.08. The van der Waals surface area contributed by atoms with E-state index in [0.717, 1.165) is 12.0 Å². The van der Waals surface area contributed by atoms with Crippen LogP contribution in [0.4, 0.5) is 0 Å². The normalized spacial score (nSPS) is 12.4. The smallest absolute Gasteiger partial charge is 0.120 e. The number of ether oxygens (including phenoxy) is 1. The first-order valence-electron chi connectivity index (χ1n) is 5.41. The van der Waals surface area contributed by atoms with Gasteiger partial charge in [-0.15, -0.1) is 0 Å². The summed E-state index contributed by atoms with van der Waals surface area (Å²) >= 11 is 0. The van der Waals surface area contributed by atoms with Gasteiger partial charge in [-0.1, -0.05) is 6.92 Å². The number of aromatic hydroxyl groups is 1. The van der Waals surface area contributed by atoms with Gasteiger partial charge in [0.2, 0.25) is 0 Å². The second-order valence-electron chi connectivity index (χ2n) is 3.66. The van der Waals surface area contributed by atoms with Crippen molar-refractivity contribution < 1.29 is 14.9 Å². The monoisotopic (exact) mass is 225 g/mol. The SMILES string of the molecule is CCC(CO)NCc1cc(OC)ccc1O. The molecule has 16 heavy (non-hydrogen) atoms. The Balaban J connectivity index is 2.65.